The van der Waals surface area contributed by atoms with Crippen LogP contribution in [-0.2, 0) is 0 Å². The molecule has 0 aliphatic carbocycles. The zero-order valence-electron chi connectivity index (χ0n) is 9.29. The second-order valence-corrected chi connectivity index (χ2v) is 2.53. The van der Waals surface area contributed by atoms with Crippen molar-refractivity contribution in [3.05, 3.63) is 23.8 Å². The summed E-state index contributed by atoms with van der Waals surface area (Å²) in [6, 6.07) is 4.85. The maximum atomic E-state index is 11.2. The summed E-state index contributed by atoms with van der Waals surface area (Å²) in [5.41, 5.74) is 9.55. The van der Waals surface area contributed by atoms with Crippen LogP contribution in [0.15, 0.2) is 18.2 Å². The molecule has 6 N–H and O–H groups in total. The van der Waals surface area contributed by atoms with E-state index in [-0.39, 0.29) is 5.91 Å². The number of hydrazine groups is 1. The largest absolute Gasteiger partial charge is 0.397 e. The average Bonchev–Trinajstić information content (AvgIpc) is 2.31. The predicted molar refractivity (Wildman–Crippen MR) is 63.4 cm³/mol. The third kappa shape index (κ3) is 3.47. The number of amides is 1. The quantitative estimate of drug-likeness (QED) is 0.332. The summed E-state index contributed by atoms with van der Waals surface area (Å²) < 4.78 is 0. The van der Waals surface area contributed by atoms with Crippen LogP contribution in [0.5, 0.6) is 0 Å². The van der Waals surface area contributed by atoms with E-state index in [1.807, 2.05) is 13.8 Å². The van der Waals surface area contributed by atoms with Gasteiger partial charge in [0.25, 0.3) is 5.91 Å². The minimum absolute atomic E-state index is 0.170. The Bertz CT molecular complexity index is 325. The first-order valence-electron chi connectivity index (χ1n) is 4.77. The molecule has 0 aliphatic heterocycles. The van der Waals surface area contributed by atoms with Gasteiger partial charge < -0.3 is 16.5 Å². The zero-order valence-corrected chi connectivity index (χ0v) is 9.29. The van der Waals surface area contributed by atoms with Crippen molar-refractivity contribution in [2.45, 2.75) is 13.8 Å². The number of hydrogen-bond acceptors (Lipinski definition) is 4. The van der Waals surface area contributed by atoms with E-state index in [0.717, 1.165) is 0 Å². The maximum absolute atomic E-state index is 11.2. The van der Waals surface area contributed by atoms with Crippen molar-refractivity contribution in [1.82, 2.24) is 5.32 Å². The first-order chi connectivity index (χ1) is 7.19. The normalized spacial score (nSPS) is 8.53. The molecule has 1 aromatic carbocycles. The van der Waals surface area contributed by atoms with Gasteiger partial charge in [-0.3, -0.25) is 10.6 Å². The molecule has 0 atom stereocenters. The van der Waals surface area contributed by atoms with Crippen LogP contribution >= 0.6 is 0 Å². The molecule has 0 saturated heterocycles. The Morgan fingerprint density at radius 2 is 1.93 bits per heavy atom. The van der Waals surface area contributed by atoms with Gasteiger partial charge in [-0.05, 0) is 18.2 Å². The molecule has 0 unspecified atom stereocenters. The van der Waals surface area contributed by atoms with Crippen LogP contribution in [0.1, 0.15) is 24.2 Å². The Morgan fingerprint density at radius 3 is 2.40 bits per heavy atom. The highest BCUT2D eigenvalue weighted by Gasteiger charge is 2.05. The zero-order chi connectivity index (χ0) is 11.8. The standard InChI is InChI=1S/C8H12N4O.C2H6/c1-11-8(13)5-2-3-6(9)7(4-5)12-10;1-2/h2-4,12H,9-10H2,1H3,(H,11,13);1-2H3. The number of carbonyl (C=O) groups excluding carboxylic acids is 1. The second kappa shape index (κ2) is 6.67. The molecule has 15 heavy (non-hydrogen) atoms. The number of nitrogens with one attached hydrogen (secondary N) is 2. The van der Waals surface area contributed by atoms with Crippen molar-refractivity contribution in [2.75, 3.05) is 18.2 Å². The van der Waals surface area contributed by atoms with E-state index in [4.69, 9.17) is 11.6 Å². The number of nitrogens with two attached hydrogens (primary N) is 2. The van der Waals surface area contributed by atoms with Gasteiger partial charge in [-0.1, -0.05) is 13.8 Å². The van der Waals surface area contributed by atoms with Crippen LogP contribution in [-0.4, -0.2) is 13.0 Å². The minimum atomic E-state index is -0.170. The van der Waals surface area contributed by atoms with Crippen molar-refractivity contribution < 1.29 is 4.79 Å². The molecule has 0 fully saturated rings. The monoisotopic (exact) mass is 210 g/mol. The van der Waals surface area contributed by atoms with Crippen molar-refractivity contribution in [3.8, 4) is 0 Å². The van der Waals surface area contributed by atoms with Crippen molar-refractivity contribution in [2.24, 2.45) is 5.84 Å². The van der Waals surface area contributed by atoms with Gasteiger partial charge in [-0.15, -0.1) is 0 Å². The summed E-state index contributed by atoms with van der Waals surface area (Å²) in [5, 5.41) is 2.50. The number of hydrogen-bond donors (Lipinski definition) is 4. The SMILES string of the molecule is CC.CNC(=O)c1ccc(N)c(NN)c1. The van der Waals surface area contributed by atoms with E-state index in [1.54, 1.807) is 25.2 Å². The number of nitrogen functional groups attached to an aromatic ring is 2. The van der Waals surface area contributed by atoms with E-state index >= 15 is 0 Å². The molecular weight excluding hydrogens is 192 g/mol. The predicted octanol–water partition coefficient (Wildman–Crippen LogP) is 0.940. The smallest absolute Gasteiger partial charge is 0.251 e. The molecule has 84 valence electrons. The van der Waals surface area contributed by atoms with Crippen molar-refractivity contribution in [3.63, 3.8) is 0 Å². The lowest BCUT2D eigenvalue weighted by atomic mass is 10.1. The third-order valence-electron chi connectivity index (χ3n) is 1.70. The minimum Gasteiger partial charge on any atom is -0.397 e. The molecule has 0 spiro atoms. The van der Waals surface area contributed by atoms with Gasteiger partial charge in [-0.2, -0.15) is 0 Å². The molecule has 0 radical (unpaired) electrons. The molecule has 0 aliphatic rings. The van der Waals surface area contributed by atoms with Crippen LogP contribution in [0.4, 0.5) is 11.4 Å². The first kappa shape index (κ1) is 13.2. The number of benzene rings is 1. The van der Waals surface area contributed by atoms with Gasteiger partial charge in [0.05, 0.1) is 11.4 Å². The summed E-state index contributed by atoms with van der Waals surface area (Å²) in [6.07, 6.45) is 0. The lowest BCUT2D eigenvalue weighted by molar-refractivity contribution is 0.0963. The number of anilines is 2. The van der Waals surface area contributed by atoms with Crippen LogP contribution in [0, 0.1) is 0 Å². The highest BCUT2D eigenvalue weighted by molar-refractivity contribution is 5.95. The van der Waals surface area contributed by atoms with Crippen molar-refractivity contribution in [1.29, 1.82) is 0 Å². The molecule has 0 bridgehead atoms. The van der Waals surface area contributed by atoms with E-state index in [9.17, 15) is 4.79 Å². The van der Waals surface area contributed by atoms with Crippen LogP contribution < -0.4 is 22.3 Å². The highest BCUT2D eigenvalue weighted by atomic mass is 16.1. The average molecular weight is 210 g/mol. The fourth-order valence-electron chi connectivity index (χ4n) is 0.967. The molecule has 1 rings (SSSR count). The summed E-state index contributed by atoms with van der Waals surface area (Å²) in [6.45, 7) is 4.00. The summed E-state index contributed by atoms with van der Waals surface area (Å²) >= 11 is 0. The topological polar surface area (TPSA) is 93.2 Å². The molecule has 5 nitrogen and oxygen atoms in total. The fraction of sp³-hybridized carbons (Fsp3) is 0.300. The summed E-state index contributed by atoms with van der Waals surface area (Å²) in [7, 11) is 1.56. The molecule has 1 aromatic rings. The van der Waals surface area contributed by atoms with E-state index < -0.39 is 0 Å². The number of rotatable bonds is 2. The van der Waals surface area contributed by atoms with Gasteiger partial charge in [-0.25, -0.2) is 0 Å². The molecule has 5 heteroatoms. The molecule has 0 aromatic heterocycles. The number of carbonyl (C=O) groups is 1. The van der Waals surface area contributed by atoms with Gasteiger partial charge in [0.15, 0.2) is 0 Å². The lowest BCUT2D eigenvalue weighted by Crippen LogP contribution is -2.18. The second-order valence-electron chi connectivity index (χ2n) is 2.53. The molecule has 1 amide bonds. The van der Waals surface area contributed by atoms with Crippen LogP contribution in [0.2, 0.25) is 0 Å². The first-order valence-corrected chi connectivity index (χ1v) is 4.77. The summed E-state index contributed by atoms with van der Waals surface area (Å²) in [4.78, 5) is 11.2. The van der Waals surface area contributed by atoms with Crippen molar-refractivity contribution >= 4 is 17.3 Å². The molecular formula is C10H18N4O. The van der Waals surface area contributed by atoms with E-state index in [0.29, 0.717) is 16.9 Å². The molecule has 0 saturated carbocycles. The van der Waals surface area contributed by atoms with Crippen LogP contribution in [0.25, 0.3) is 0 Å². The highest BCUT2D eigenvalue weighted by Crippen LogP contribution is 2.18. The van der Waals surface area contributed by atoms with E-state index in [1.165, 1.54) is 0 Å². The maximum Gasteiger partial charge on any atom is 0.251 e. The fourth-order valence-corrected chi connectivity index (χ4v) is 0.967. The Kier molecular flexibility index (Phi) is 5.89. The third-order valence-corrected chi connectivity index (χ3v) is 1.70. The van der Waals surface area contributed by atoms with Gasteiger partial charge >= 0.3 is 0 Å². The molecule has 0 heterocycles. The lowest BCUT2D eigenvalue weighted by Gasteiger charge is -2.06. The Labute approximate surface area is 89.8 Å². The Hall–Kier alpha value is -1.75. The van der Waals surface area contributed by atoms with Gasteiger partial charge in [0.2, 0.25) is 0 Å². The Morgan fingerprint density at radius 1 is 1.33 bits per heavy atom. The van der Waals surface area contributed by atoms with Crippen LogP contribution in [0.3, 0.4) is 0 Å². The van der Waals surface area contributed by atoms with Gasteiger partial charge in [0.1, 0.15) is 0 Å². The van der Waals surface area contributed by atoms with Gasteiger partial charge in [0, 0.05) is 12.6 Å². The van der Waals surface area contributed by atoms with E-state index in [2.05, 4.69) is 10.7 Å². The summed E-state index contributed by atoms with van der Waals surface area (Å²) in [5.74, 6) is 5.03. The Balaban J connectivity index is 0.000000921.